The fourth-order valence-electron chi connectivity index (χ4n) is 1.81. The molecule has 0 aromatic carbocycles. The number of anilines is 1. The summed E-state index contributed by atoms with van der Waals surface area (Å²) in [6.07, 6.45) is 0.645. The van der Waals surface area contributed by atoms with Crippen LogP contribution in [0, 0.1) is 5.92 Å². The Hall–Kier alpha value is -1.56. The van der Waals surface area contributed by atoms with Crippen molar-refractivity contribution in [2.24, 2.45) is 11.7 Å². The molecule has 1 aliphatic rings. The van der Waals surface area contributed by atoms with Gasteiger partial charge in [-0.3, -0.25) is 9.59 Å². The average Bonchev–Trinajstić information content (AvgIpc) is 2.84. The molecule has 16 heavy (non-hydrogen) atoms. The summed E-state index contributed by atoms with van der Waals surface area (Å²) in [4.78, 5) is 25.2. The molecule has 1 unspecified atom stereocenters. The van der Waals surface area contributed by atoms with Crippen molar-refractivity contribution >= 4 is 28.8 Å². The van der Waals surface area contributed by atoms with Crippen molar-refractivity contribution in [1.82, 2.24) is 4.90 Å². The molecule has 0 saturated carbocycles. The van der Waals surface area contributed by atoms with Gasteiger partial charge in [0.1, 0.15) is 4.88 Å². The summed E-state index contributed by atoms with van der Waals surface area (Å²) in [5, 5.41) is 1.78. The zero-order chi connectivity index (χ0) is 11.7. The van der Waals surface area contributed by atoms with E-state index in [1.807, 2.05) is 0 Å². The minimum Gasteiger partial charge on any atom is -0.397 e. The molecule has 1 saturated heterocycles. The highest BCUT2D eigenvalue weighted by atomic mass is 32.1. The van der Waals surface area contributed by atoms with E-state index in [1.54, 1.807) is 16.3 Å². The Balaban J connectivity index is 2.08. The first-order valence-corrected chi connectivity index (χ1v) is 5.89. The van der Waals surface area contributed by atoms with Crippen LogP contribution in [0.3, 0.4) is 0 Å². The zero-order valence-corrected chi connectivity index (χ0v) is 9.50. The van der Waals surface area contributed by atoms with Crippen LogP contribution in [-0.2, 0) is 4.79 Å². The third-order valence-corrected chi connectivity index (χ3v) is 3.69. The lowest BCUT2D eigenvalue weighted by Crippen LogP contribution is -2.31. The fraction of sp³-hybridized carbons (Fsp3) is 0.400. The van der Waals surface area contributed by atoms with Crippen LogP contribution in [0.4, 0.5) is 5.69 Å². The molecule has 1 aromatic heterocycles. The lowest BCUT2D eigenvalue weighted by atomic mass is 10.1. The van der Waals surface area contributed by atoms with Crippen LogP contribution in [0.15, 0.2) is 11.4 Å². The summed E-state index contributed by atoms with van der Waals surface area (Å²) in [5.74, 6) is -0.657. The van der Waals surface area contributed by atoms with E-state index in [4.69, 9.17) is 11.5 Å². The van der Waals surface area contributed by atoms with Crippen LogP contribution in [0.2, 0.25) is 0 Å². The molecule has 86 valence electrons. The van der Waals surface area contributed by atoms with Gasteiger partial charge in [-0.1, -0.05) is 0 Å². The van der Waals surface area contributed by atoms with Crippen LogP contribution < -0.4 is 11.5 Å². The monoisotopic (exact) mass is 239 g/mol. The predicted molar refractivity (Wildman–Crippen MR) is 61.9 cm³/mol. The number of amides is 2. The number of nitrogen functional groups attached to an aromatic ring is 1. The van der Waals surface area contributed by atoms with Crippen molar-refractivity contribution in [2.75, 3.05) is 18.8 Å². The topological polar surface area (TPSA) is 89.4 Å². The van der Waals surface area contributed by atoms with E-state index in [-0.39, 0.29) is 17.7 Å². The maximum absolute atomic E-state index is 12.0. The van der Waals surface area contributed by atoms with Crippen LogP contribution in [-0.4, -0.2) is 29.8 Å². The highest BCUT2D eigenvalue weighted by Crippen LogP contribution is 2.24. The molecule has 0 aliphatic carbocycles. The number of carbonyl (C=O) groups excluding carboxylic acids is 2. The molecule has 1 aromatic rings. The van der Waals surface area contributed by atoms with E-state index in [2.05, 4.69) is 0 Å². The molecule has 1 fully saturated rings. The minimum atomic E-state index is -0.338. The Morgan fingerprint density at radius 1 is 1.50 bits per heavy atom. The number of thiophene rings is 1. The summed E-state index contributed by atoms with van der Waals surface area (Å²) in [6, 6.07) is 1.71. The van der Waals surface area contributed by atoms with Gasteiger partial charge < -0.3 is 16.4 Å². The summed E-state index contributed by atoms with van der Waals surface area (Å²) in [5.41, 5.74) is 11.4. The van der Waals surface area contributed by atoms with E-state index in [0.29, 0.717) is 30.1 Å². The molecule has 6 heteroatoms. The van der Waals surface area contributed by atoms with Gasteiger partial charge in [-0.15, -0.1) is 11.3 Å². The second kappa shape index (κ2) is 4.13. The zero-order valence-electron chi connectivity index (χ0n) is 8.68. The van der Waals surface area contributed by atoms with Crippen molar-refractivity contribution in [3.05, 3.63) is 16.3 Å². The van der Waals surface area contributed by atoms with Gasteiger partial charge in [0.2, 0.25) is 5.91 Å². The number of rotatable bonds is 2. The average molecular weight is 239 g/mol. The molecule has 4 N–H and O–H groups in total. The normalized spacial score (nSPS) is 20.0. The molecule has 1 aliphatic heterocycles. The van der Waals surface area contributed by atoms with Crippen molar-refractivity contribution in [1.29, 1.82) is 0 Å². The number of primary amides is 1. The first-order valence-electron chi connectivity index (χ1n) is 5.01. The smallest absolute Gasteiger partial charge is 0.266 e. The van der Waals surface area contributed by atoms with Gasteiger partial charge in [0.05, 0.1) is 11.6 Å². The summed E-state index contributed by atoms with van der Waals surface area (Å²) in [6.45, 7) is 0.981. The molecule has 2 amide bonds. The maximum atomic E-state index is 12.0. The van der Waals surface area contributed by atoms with E-state index in [0.717, 1.165) is 0 Å². The van der Waals surface area contributed by atoms with Crippen molar-refractivity contribution in [2.45, 2.75) is 6.42 Å². The van der Waals surface area contributed by atoms with Gasteiger partial charge in [-0.05, 0) is 17.9 Å². The van der Waals surface area contributed by atoms with Crippen LogP contribution in [0.25, 0.3) is 0 Å². The second-order valence-electron chi connectivity index (χ2n) is 3.84. The Bertz CT molecular complexity index is 429. The van der Waals surface area contributed by atoms with Gasteiger partial charge in [0.15, 0.2) is 0 Å². The molecular formula is C10H13N3O2S. The molecule has 1 atom stereocenters. The van der Waals surface area contributed by atoms with E-state index >= 15 is 0 Å². The molecule has 0 bridgehead atoms. The highest BCUT2D eigenvalue weighted by molar-refractivity contribution is 7.12. The number of nitrogens with zero attached hydrogens (tertiary/aromatic N) is 1. The largest absolute Gasteiger partial charge is 0.397 e. The van der Waals surface area contributed by atoms with Crippen molar-refractivity contribution in [3.8, 4) is 0 Å². The minimum absolute atomic E-state index is 0.101. The lowest BCUT2D eigenvalue weighted by molar-refractivity contribution is -0.121. The summed E-state index contributed by atoms with van der Waals surface area (Å²) < 4.78 is 0. The first-order chi connectivity index (χ1) is 7.59. The summed E-state index contributed by atoms with van der Waals surface area (Å²) in [7, 11) is 0. The first kappa shape index (κ1) is 10.9. The van der Waals surface area contributed by atoms with E-state index < -0.39 is 0 Å². The standard InChI is InChI=1S/C10H13N3O2S/c11-7-2-4-16-8(7)10(15)13-3-1-6(5-13)9(12)14/h2,4,6H,1,3,5,11H2,(H2,12,14). The second-order valence-corrected chi connectivity index (χ2v) is 4.76. The number of hydrogen-bond donors (Lipinski definition) is 2. The molecule has 0 spiro atoms. The van der Waals surface area contributed by atoms with Crippen LogP contribution >= 0.6 is 11.3 Å². The number of carbonyl (C=O) groups is 2. The lowest BCUT2D eigenvalue weighted by Gasteiger charge is -2.15. The molecule has 2 rings (SSSR count). The third kappa shape index (κ3) is 1.88. The van der Waals surface area contributed by atoms with Gasteiger partial charge in [0, 0.05) is 13.1 Å². The Labute approximate surface area is 97.0 Å². The number of likely N-dealkylation sites (tertiary alicyclic amines) is 1. The van der Waals surface area contributed by atoms with Gasteiger partial charge in [-0.2, -0.15) is 0 Å². The molecule has 2 heterocycles. The van der Waals surface area contributed by atoms with Crippen LogP contribution in [0.1, 0.15) is 16.1 Å². The fourth-order valence-corrected chi connectivity index (χ4v) is 2.60. The summed E-state index contributed by atoms with van der Waals surface area (Å²) >= 11 is 1.32. The SMILES string of the molecule is NC(=O)C1CCN(C(=O)c2sccc2N)C1. The quantitative estimate of drug-likeness (QED) is 0.776. The maximum Gasteiger partial charge on any atom is 0.266 e. The predicted octanol–water partition coefficient (Wildman–Crippen LogP) is 0.278. The molecule has 0 radical (unpaired) electrons. The molecular weight excluding hydrogens is 226 g/mol. The van der Waals surface area contributed by atoms with Gasteiger partial charge >= 0.3 is 0 Å². The van der Waals surface area contributed by atoms with Crippen molar-refractivity contribution < 1.29 is 9.59 Å². The van der Waals surface area contributed by atoms with Gasteiger partial charge in [-0.25, -0.2) is 0 Å². The Morgan fingerprint density at radius 3 is 2.75 bits per heavy atom. The third-order valence-electron chi connectivity index (χ3n) is 2.77. The van der Waals surface area contributed by atoms with E-state index in [1.165, 1.54) is 11.3 Å². The number of hydrogen-bond acceptors (Lipinski definition) is 4. The molecule has 5 nitrogen and oxygen atoms in total. The number of nitrogens with two attached hydrogens (primary N) is 2. The van der Waals surface area contributed by atoms with Crippen LogP contribution in [0.5, 0.6) is 0 Å². The van der Waals surface area contributed by atoms with Gasteiger partial charge in [0.25, 0.3) is 5.91 Å². The Kier molecular flexibility index (Phi) is 2.82. The highest BCUT2D eigenvalue weighted by Gasteiger charge is 2.31. The Morgan fingerprint density at radius 2 is 2.25 bits per heavy atom. The van der Waals surface area contributed by atoms with E-state index in [9.17, 15) is 9.59 Å². The van der Waals surface area contributed by atoms with Crippen molar-refractivity contribution in [3.63, 3.8) is 0 Å².